The zero-order valence-corrected chi connectivity index (χ0v) is 22.0. The number of carbonyl (C=O) groups is 2. The third kappa shape index (κ3) is 8.58. The van der Waals surface area contributed by atoms with Gasteiger partial charge in [0.2, 0.25) is 11.8 Å². The summed E-state index contributed by atoms with van der Waals surface area (Å²) >= 11 is 12.3. The van der Waals surface area contributed by atoms with Gasteiger partial charge in [0, 0.05) is 25.9 Å². The molecule has 0 bridgehead atoms. The fourth-order valence-electron chi connectivity index (χ4n) is 3.83. The Kier molecular flexibility index (Phi) is 11.1. The van der Waals surface area contributed by atoms with Crippen LogP contribution in [0.5, 0.6) is 5.75 Å². The average molecular weight is 527 g/mol. The quantitative estimate of drug-likeness (QED) is 0.265. The van der Waals surface area contributed by atoms with Crippen LogP contribution in [0, 0.1) is 0 Å². The van der Waals surface area contributed by atoms with Crippen LogP contribution in [0.15, 0.2) is 78.9 Å². The monoisotopic (exact) mass is 526 g/mol. The molecule has 0 heterocycles. The highest BCUT2D eigenvalue weighted by atomic mass is 35.5. The second-order valence-corrected chi connectivity index (χ2v) is 9.35. The smallest absolute Gasteiger partial charge is 0.243 e. The molecule has 0 aliphatic rings. The molecule has 1 N–H and O–H groups in total. The van der Waals surface area contributed by atoms with Gasteiger partial charge in [-0.05, 0) is 48.2 Å². The lowest BCUT2D eigenvalue weighted by molar-refractivity contribution is -0.141. The Balaban J connectivity index is 1.80. The van der Waals surface area contributed by atoms with Crippen molar-refractivity contribution in [2.45, 2.75) is 45.2 Å². The van der Waals surface area contributed by atoms with E-state index in [1.165, 1.54) is 0 Å². The van der Waals surface area contributed by atoms with Crippen LogP contribution in [0.25, 0.3) is 0 Å². The first-order valence-corrected chi connectivity index (χ1v) is 13.0. The summed E-state index contributed by atoms with van der Waals surface area (Å²) < 4.78 is 5.76. The number of amides is 2. The molecule has 0 saturated carbocycles. The van der Waals surface area contributed by atoms with Crippen LogP contribution in [0.2, 0.25) is 10.0 Å². The molecule has 5 nitrogen and oxygen atoms in total. The largest absolute Gasteiger partial charge is 0.494 e. The van der Waals surface area contributed by atoms with E-state index >= 15 is 0 Å². The Morgan fingerprint density at radius 3 is 2.28 bits per heavy atom. The van der Waals surface area contributed by atoms with Crippen LogP contribution < -0.4 is 10.1 Å². The van der Waals surface area contributed by atoms with Gasteiger partial charge in [0.05, 0.1) is 16.7 Å². The summed E-state index contributed by atoms with van der Waals surface area (Å²) in [6, 6.07) is 23.8. The van der Waals surface area contributed by atoms with Crippen molar-refractivity contribution in [2.24, 2.45) is 0 Å². The predicted molar refractivity (Wildman–Crippen MR) is 145 cm³/mol. The first-order valence-electron chi connectivity index (χ1n) is 12.2. The van der Waals surface area contributed by atoms with E-state index < -0.39 is 6.04 Å². The second kappa shape index (κ2) is 14.5. The fourth-order valence-corrected chi connectivity index (χ4v) is 4.15. The van der Waals surface area contributed by atoms with Crippen molar-refractivity contribution in [3.05, 3.63) is 100 Å². The van der Waals surface area contributed by atoms with Gasteiger partial charge in [-0.25, -0.2) is 0 Å². The van der Waals surface area contributed by atoms with Gasteiger partial charge in [-0.2, -0.15) is 0 Å². The lowest BCUT2D eigenvalue weighted by Gasteiger charge is -2.31. The van der Waals surface area contributed by atoms with Crippen molar-refractivity contribution in [3.63, 3.8) is 0 Å². The molecule has 2 amide bonds. The topological polar surface area (TPSA) is 58.6 Å². The van der Waals surface area contributed by atoms with Crippen LogP contribution in [0.3, 0.4) is 0 Å². The highest BCUT2D eigenvalue weighted by Gasteiger charge is 2.30. The van der Waals surface area contributed by atoms with E-state index in [0.717, 1.165) is 23.3 Å². The van der Waals surface area contributed by atoms with E-state index in [1.807, 2.05) is 73.7 Å². The Labute approximate surface area is 223 Å². The number of hydrogen-bond donors (Lipinski definition) is 1. The molecule has 36 heavy (non-hydrogen) atoms. The number of nitrogens with one attached hydrogen (secondary N) is 1. The lowest BCUT2D eigenvalue weighted by atomic mass is 10.0. The first kappa shape index (κ1) is 27.6. The van der Waals surface area contributed by atoms with Gasteiger partial charge >= 0.3 is 0 Å². The van der Waals surface area contributed by atoms with Crippen molar-refractivity contribution in [1.29, 1.82) is 0 Å². The predicted octanol–water partition coefficient (Wildman–Crippen LogP) is 6.32. The molecular formula is C29H32Cl2N2O3. The van der Waals surface area contributed by atoms with Gasteiger partial charge in [-0.15, -0.1) is 0 Å². The van der Waals surface area contributed by atoms with E-state index in [4.69, 9.17) is 27.9 Å². The lowest BCUT2D eigenvalue weighted by Crippen LogP contribution is -2.50. The zero-order valence-electron chi connectivity index (χ0n) is 20.5. The maximum Gasteiger partial charge on any atom is 0.243 e. The van der Waals surface area contributed by atoms with Crippen LogP contribution >= 0.6 is 23.2 Å². The number of carbonyl (C=O) groups excluding carboxylic acids is 2. The number of benzene rings is 3. The number of para-hydroxylation sites is 1. The van der Waals surface area contributed by atoms with Crippen molar-refractivity contribution in [2.75, 3.05) is 13.2 Å². The summed E-state index contributed by atoms with van der Waals surface area (Å²) in [7, 11) is 0. The van der Waals surface area contributed by atoms with Gasteiger partial charge < -0.3 is 15.0 Å². The molecular weight excluding hydrogens is 495 g/mol. The van der Waals surface area contributed by atoms with Gasteiger partial charge in [0.25, 0.3) is 0 Å². The van der Waals surface area contributed by atoms with Gasteiger partial charge in [0.15, 0.2) is 0 Å². The molecule has 7 heteroatoms. The Bertz CT molecular complexity index is 1110. The molecule has 0 aliphatic carbocycles. The number of halogens is 2. The Morgan fingerprint density at radius 2 is 1.61 bits per heavy atom. The number of ether oxygens (including phenoxy) is 1. The molecule has 190 valence electrons. The van der Waals surface area contributed by atoms with Crippen molar-refractivity contribution in [3.8, 4) is 5.75 Å². The molecule has 1 atom stereocenters. The maximum absolute atomic E-state index is 13.6. The van der Waals surface area contributed by atoms with Gasteiger partial charge in [-0.1, -0.05) is 84.7 Å². The standard InChI is InChI=1S/C29H32Cl2N2O3/c1-2-17-32-29(35)27(20-22-10-5-3-6-11-22)33(21-23-15-16-25(30)26(31)19-23)28(34)14-9-18-36-24-12-7-4-8-13-24/h3-8,10-13,15-16,19,27H,2,9,14,17-18,20-21H2,1H3,(H,32,35)/t27-/m0/s1. The average Bonchev–Trinajstić information content (AvgIpc) is 2.90. The molecule has 0 fully saturated rings. The van der Waals surface area contributed by atoms with E-state index in [0.29, 0.717) is 36.0 Å². The number of nitrogens with zero attached hydrogens (tertiary/aromatic N) is 1. The van der Waals surface area contributed by atoms with E-state index in [-0.39, 0.29) is 24.8 Å². The number of rotatable bonds is 13. The molecule has 0 aromatic heterocycles. The molecule has 0 radical (unpaired) electrons. The third-order valence-electron chi connectivity index (χ3n) is 5.70. The molecule has 3 aromatic carbocycles. The molecule has 0 spiro atoms. The molecule has 0 saturated heterocycles. The molecule has 0 aliphatic heterocycles. The summed E-state index contributed by atoms with van der Waals surface area (Å²) in [6.07, 6.45) is 1.99. The van der Waals surface area contributed by atoms with Crippen molar-refractivity contribution in [1.82, 2.24) is 10.2 Å². The van der Waals surface area contributed by atoms with E-state index in [9.17, 15) is 9.59 Å². The van der Waals surface area contributed by atoms with E-state index in [1.54, 1.807) is 17.0 Å². The molecule has 3 rings (SSSR count). The SMILES string of the molecule is CCCNC(=O)[C@H](Cc1ccccc1)N(Cc1ccc(Cl)c(Cl)c1)C(=O)CCCOc1ccccc1. The normalized spacial score (nSPS) is 11.5. The van der Waals surface area contributed by atoms with Crippen molar-refractivity contribution >= 4 is 35.0 Å². The molecule has 3 aromatic rings. The summed E-state index contributed by atoms with van der Waals surface area (Å²) in [6.45, 7) is 3.19. The van der Waals surface area contributed by atoms with Gasteiger partial charge in [-0.3, -0.25) is 9.59 Å². The van der Waals surface area contributed by atoms with E-state index in [2.05, 4.69) is 5.32 Å². The summed E-state index contributed by atoms with van der Waals surface area (Å²) in [5.41, 5.74) is 1.79. The first-order chi connectivity index (χ1) is 17.5. The Morgan fingerprint density at radius 1 is 0.917 bits per heavy atom. The highest BCUT2D eigenvalue weighted by Crippen LogP contribution is 2.24. The summed E-state index contributed by atoms with van der Waals surface area (Å²) in [5, 5.41) is 3.83. The minimum atomic E-state index is -0.670. The van der Waals surface area contributed by atoms with Crippen LogP contribution in [0.1, 0.15) is 37.3 Å². The second-order valence-electron chi connectivity index (χ2n) is 8.53. The number of hydrogen-bond acceptors (Lipinski definition) is 3. The summed E-state index contributed by atoms with van der Waals surface area (Å²) in [5.74, 6) is 0.471. The van der Waals surface area contributed by atoms with Crippen LogP contribution in [-0.4, -0.2) is 35.9 Å². The molecule has 0 unspecified atom stereocenters. The van der Waals surface area contributed by atoms with Crippen molar-refractivity contribution < 1.29 is 14.3 Å². The maximum atomic E-state index is 13.6. The Hall–Kier alpha value is -3.02. The highest BCUT2D eigenvalue weighted by molar-refractivity contribution is 6.42. The van der Waals surface area contributed by atoms with Crippen LogP contribution in [-0.2, 0) is 22.6 Å². The fraction of sp³-hybridized carbons (Fsp3) is 0.310. The van der Waals surface area contributed by atoms with Crippen LogP contribution in [0.4, 0.5) is 0 Å². The minimum Gasteiger partial charge on any atom is -0.494 e. The zero-order chi connectivity index (χ0) is 25.8. The minimum absolute atomic E-state index is 0.120. The van der Waals surface area contributed by atoms with Gasteiger partial charge in [0.1, 0.15) is 11.8 Å². The summed E-state index contributed by atoms with van der Waals surface area (Å²) in [4.78, 5) is 28.5. The third-order valence-corrected chi connectivity index (χ3v) is 6.44.